The number of carbonyl (C=O) groups excluding carboxylic acids is 1. The van der Waals surface area contributed by atoms with Crippen LogP contribution in [0.1, 0.15) is 22.3 Å². The smallest absolute Gasteiger partial charge is 0.177 e. The maximum atomic E-state index is 11.8. The Labute approximate surface area is 150 Å². The fourth-order valence-electron chi connectivity index (χ4n) is 2.97. The van der Waals surface area contributed by atoms with Gasteiger partial charge < -0.3 is 24.1 Å². The molecule has 136 valence electrons. The molecule has 0 atom stereocenters. The third kappa shape index (κ3) is 3.11. The summed E-state index contributed by atoms with van der Waals surface area (Å²) in [5.74, 6) is 1.20. The summed E-state index contributed by atoms with van der Waals surface area (Å²) in [5, 5.41) is 19.5. The largest absolute Gasteiger partial charge is 0.504 e. The average molecular weight is 356 g/mol. The van der Waals surface area contributed by atoms with E-state index in [4.69, 9.17) is 19.0 Å². The first kappa shape index (κ1) is 17.8. The molecule has 6 heteroatoms. The summed E-state index contributed by atoms with van der Waals surface area (Å²) in [5.41, 5.74) is 2.43. The van der Waals surface area contributed by atoms with Gasteiger partial charge >= 0.3 is 0 Å². The lowest BCUT2D eigenvalue weighted by molar-refractivity contribution is 0.112. The number of methoxy groups -OCH3 is 2. The molecule has 1 heterocycles. The number of hydrogen-bond acceptors (Lipinski definition) is 6. The van der Waals surface area contributed by atoms with E-state index in [2.05, 4.69) is 0 Å². The standard InChI is InChI=1S/C20H20O6/c1-24-17-10-13(5-6-16(17)23)19-15(11-22)14-8-12(4-3-7-21)9-18(25-2)20(14)26-19/h5-6,8-11,21,23H,3-4,7H2,1-2H3. The van der Waals surface area contributed by atoms with E-state index < -0.39 is 0 Å². The van der Waals surface area contributed by atoms with Gasteiger partial charge in [0.15, 0.2) is 29.1 Å². The third-order valence-corrected chi connectivity index (χ3v) is 4.26. The number of benzene rings is 2. The molecule has 0 saturated carbocycles. The summed E-state index contributed by atoms with van der Waals surface area (Å²) < 4.78 is 16.5. The van der Waals surface area contributed by atoms with Crippen molar-refractivity contribution in [1.29, 1.82) is 0 Å². The number of hydrogen-bond donors (Lipinski definition) is 2. The molecule has 0 amide bonds. The number of aliphatic hydroxyl groups excluding tert-OH is 1. The van der Waals surface area contributed by atoms with Crippen molar-refractivity contribution in [2.75, 3.05) is 20.8 Å². The van der Waals surface area contributed by atoms with Gasteiger partial charge in [-0.3, -0.25) is 4.79 Å². The number of carbonyl (C=O) groups is 1. The first-order valence-corrected chi connectivity index (χ1v) is 8.19. The van der Waals surface area contributed by atoms with Gasteiger partial charge in [-0.05, 0) is 48.7 Å². The van der Waals surface area contributed by atoms with Crippen LogP contribution in [0.15, 0.2) is 34.7 Å². The molecule has 0 aliphatic rings. The van der Waals surface area contributed by atoms with Gasteiger partial charge in [-0.1, -0.05) is 0 Å². The summed E-state index contributed by atoms with van der Waals surface area (Å²) in [6.07, 6.45) is 2.02. The topological polar surface area (TPSA) is 89.1 Å². The lowest BCUT2D eigenvalue weighted by atomic mass is 10.0. The Balaban J connectivity index is 2.22. The van der Waals surface area contributed by atoms with Crippen LogP contribution in [0.5, 0.6) is 17.2 Å². The van der Waals surface area contributed by atoms with Crippen molar-refractivity contribution in [2.45, 2.75) is 12.8 Å². The number of aromatic hydroxyl groups is 1. The van der Waals surface area contributed by atoms with Crippen LogP contribution in [0.2, 0.25) is 0 Å². The fourth-order valence-corrected chi connectivity index (χ4v) is 2.97. The van der Waals surface area contributed by atoms with Gasteiger partial charge in [0.25, 0.3) is 0 Å². The average Bonchev–Trinajstić information content (AvgIpc) is 3.04. The van der Waals surface area contributed by atoms with E-state index in [0.29, 0.717) is 46.4 Å². The summed E-state index contributed by atoms with van der Waals surface area (Å²) >= 11 is 0. The van der Waals surface area contributed by atoms with E-state index in [1.54, 1.807) is 12.1 Å². The molecule has 3 rings (SSSR count). The third-order valence-electron chi connectivity index (χ3n) is 4.26. The molecule has 0 saturated heterocycles. The Morgan fingerprint density at radius 2 is 1.88 bits per heavy atom. The van der Waals surface area contributed by atoms with E-state index in [0.717, 1.165) is 11.8 Å². The van der Waals surface area contributed by atoms with E-state index >= 15 is 0 Å². The summed E-state index contributed by atoms with van der Waals surface area (Å²) in [7, 11) is 2.99. The SMILES string of the molecule is COc1cc(-c2oc3c(OC)cc(CCCO)cc3c2C=O)ccc1O. The number of rotatable bonds is 7. The summed E-state index contributed by atoms with van der Waals surface area (Å²) in [4.78, 5) is 11.8. The lowest BCUT2D eigenvalue weighted by Crippen LogP contribution is -1.92. The van der Waals surface area contributed by atoms with Crippen molar-refractivity contribution in [3.63, 3.8) is 0 Å². The number of aliphatic hydroxyl groups is 1. The Kier molecular flexibility index (Phi) is 5.14. The Bertz CT molecular complexity index is 941. The summed E-state index contributed by atoms with van der Waals surface area (Å²) in [6, 6.07) is 8.47. The van der Waals surface area contributed by atoms with E-state index in [-0.39, 0.29) is 18.1 Å². The predicted molar refractivity (Wildman–Crippen MR) is 97.2 cm³/mol. The molecule has 1 aromatic heterocycles. The molecule has 3 aromatic rings. The molecule has 0 spiro atoms. The Morgan fingerprint density at radius 1 is 1.12 bits per heavy atom. The highest BCUT2D eigenvalue weighted by Gasteiger charge is 2.20. The van der Waals surface area contributed by atoms with Crippen molar-refractivity contribution in [3.8, 4) is 28.6 Å². The molecule has 0 unspecified atom stereocenters. The maximum absolute atomic E-state index is 11.8. The van der Waals surface area contributed by atoms with Gasteiger partial charge in [0, 0.05) is 17.6 Å². The second-order valence-electron chi connectivity index (χ2n) is 5.85. The van der Waals surface area contributed by atoms with E-state index in [9.17, 15) is 9.90 Å². The molecular weight excluding hydrogens is 336 g/mol. The highest BCUT2D eigenvalue weighted by Crippen LogP contribution is 2.40. The van der Waals surface area contributed by atoms with Crippen LogP contribution in [-0.2, 0) is 6.42 Å². The number of phenolic OH excluding ortho intramolecular Hbond substituents is 1. The Morgan fingerprint density at radius 3 is 2.54 bits per heavy atom. The van der Waals surface area contributed by atoms with Crippen molar-refractivity contribution in [2.24, 2.45) is 0 Å². The molecular formula is C20H20O6. The Hall–Kier alpha value is -2.99. The number of aldehydes is 1. The van der Waals surface area contributed by atoms with Crippen molar-refractivity contribution in [3.05, 3.63) is 41.5 Å². The first-order chi connectivity index (χ1) is 12.6. The minimum atomic E-state index is 0.00360. The minimum absolute atomic E-state index is 0.00360. The van der Waals surface area contributed by atoms with Crippen LogP contribution >= 0.6 is 0 Å². The van der Waals surface area contributed by atoms with E-state index in [1.807, 2.05) is 12.1 Å². The van der Waals surface area contributed by atoms with Crippen LogP contribution < -0.4 is 9.47 Å². The molecule has 0 radical (unpaired) electrons. The fraction of sp³-hybridized carbons (Fsp3) is 0.250. The normalized spacial score (nSPS) is 10.9. The number of aryl methyl sites for hydroxylation is 1. The highest BCUT2D eigenvalue weighted by molar-refractivity contribution is 6.04. The first-order valence-electron chi connectivity index (χ1n) is 8.19. The molecule has 2 aromatic carbocycles. The quantitative estimate of drug-likeness (QED) is 0.629. The number of ether oxygens (including phenoxy) is 2. The summed E-state index contributed by atoms with van der Waals surface area (Å²) in [6.45, 7) is 0.0881. The number of furan rings is 1. The minimum Gasteiger partial charge on any atom is -0.504 e. The predicted octanol–water partition coefficient (Wildman–Crippen LogP) is 3.56. The van der Waals surface area contributed by atoms with Crippen LogP contribution in [0.4, 0.5) is 0 Å². The zero-order valence-corrected chi connectivity index (χ0v) is 14.6. The van der Waals surface area contributed by atoms with E-state index in [1.165, 1.54) is 20.3 Å². The lowest BCUT2D eigenvalue weighted by Gasteiger charge is -2.05. The van der Waals surface area contributed by atoms with Gasteiger partial charge in [0.05, 0.1) is 19.8 Å². The molecule has 0 aliphatic heterocycles. The molecule has 2 N–H and O–H groups in total. The van der Waals surface area contributed by atoms with Crippen LogP contribution in [0.25, 0.3) is 22.3 Å². The maximum Gasteiger partial charge on any atom is 0.177 e. The van der Waals surface area contributed by atoms with Crippen molar-refractivity contribution in [1.82, 2.24) is 0 Å². The second kappa shape index (κ2) is 7.49. The zero-order chi connectivity index (χ0) is 18.7. The van der Waals surface area contributed by atoms with Crippen LogP contribution in [-0.4, -0.2) is 37.3 Å². The second-order valence-corrected chi connectivity index (χ2v) is 5.85. The van der Waals surface area contributed by atoms with Crippen molar-refractivity contribution >= 4 is 17.3 Å². The van der Waals surface area contributed by atoms with Gasteiger partial charge in [-0.15, -0.1) is 0 Å². The van der Waals surface area contributed by atoms with Crippen LogP contribution in [0, 0.1) is 0 Å². The van der Waals surface area contributed by atoms with Gasteiger partial charge in [0.2, 0.25) is 0 Å². The molecule has 6 nitrogen and oxygen atoms in total. The van der Waals surface area contributed by atoms with Crippen LogP contribution in [0.3, 0.4) is 0 Å². The molecule has 0 fully saturated rings. The number of phenols is 1. The number of fused-ring (bicyclic) bond motifs is 1. The van der Waals surface area contributed by atoms with Gasteiger partial charge in [-0.2, -0.15) is 0 Å². The van der Waals surface area contributed by atoms with Gasteiger partial charge in [0.1, 0.15) is 5.76 Å². The monoisotopic (exact) mass is 356 g/mol. The zero-order valence-electron chi connectivity index (χ0n) is 14.6. The highest BCUT2D eigenvalue weighted by atomic mass is 16.5. The molecule has 26 heavy (non-hydrogen) atoms. The van der Waals surface area contributed by atoms with Crippen molar-refractivity contribution < 1.29 is 28.9 Å². The molecule has 0 bridgehead atoms. The molecule has 0 aliphatic carbocycles. The van der Waals surface area contributed by atoms with Gasteiger partial charge in [-0.25, -0.2) is 0 Å².